The van der Waals surface area contributed by atoms with Crippen molar-refractivity contribution in [1.29, 1.82) is 0 Å². The molecule has 0 saturated carbocycles. The lowest BCUT2D eigenvalue weighted by Crippen LogP contribution is -2.23. The summed E-state index contributed by atoms with van der Waals surface area (Å²) < 4.78 is 58.0. The Morgan fingerprint density at radius 1 is 1.00 bits per heavy atom. The van der Waals surface area contributed by atoms with E-state index in [1.165, 1.54) is 36.0 Å². The number of benzene rings is 3. The Morgan fingerprint density at radius 2 is 1.74 bits per heavy atom. The maximum absolute atomic E-state index is 13.2. The third kappa shape index (κ3) is 4.14. The van der Waals surface area contributed by atoms with E-state index in [1.54, 1.807) is 42.5 Å². The molecule has 1 unspecified atom stereocenters. The van der Waals surface area contributed by atoms with Gasteiger partial charge >= 0.3 is 0 Å². The highest BCUT2D eigenvalue weighted by Crippen LogP contribution is 2.50. The van der Waals surface area contributed by atoms with E-state index < -0.39 is 20.0 Å². The maximum atomic E-state index is 13.2. The zero-order chi connectivity index (χ0) is 24.3. The Balaban J connectivity index is 1.57. The van der Waals surface area contributed by atoms with Crippen molar-refractivity contribution in [3.63, 3.8) is 0 Å². The molecule has 3 N–H and O–H groups in total. The number of thioether (sulfide) groups is 1. The molecule has 5 rings (SSSR count). The molecule has 34 heavy (non-hydrogen) atoms. The summed E-state index contributed by atoms with van der Waals surface area (Å²) >= 11 is 7.64. The van der Waals surface area contributed by atoms with Gasteiger partial charge in [-0.2, -0.15) is 8.42 Å². The van der Waals surface area contributed by atoms with E-state index in [0.29, 0.717) is 26.6 Å². The summed E-state index contributed by atoms with van der Waals surface area (Å²) in [4.78, 5) is 2.62. The minimum absolute atomic E-state index is 0.00900. The van der Waals surface area contributed by atoms with Crippen molar-refractivity contribution >= 4 is 71.4 Å². The first-order valence-corrected chi connectivity index (χ1v) is 14.3. The second-order valence-corrected chi connectivity index (χ2v) is 12.6. The lowest BCUT2D eigenvalue weighted by molar-refractivity contribution is 0.484. The quantitative estimate of drug-likeness (QED) is 0.363. The number of sulfonamides is 2. The first kappa shape index (κ1) is 23.1. The molecule has 176 valence electrons. The third-order valence-electron chi connectivity index (χ3n) is 5.31. The van der Waals surface area contributed by atoms with Crippen LogP contribution < -0.4 is 14.8 Å². The number of nitrogens with zero attached hydrogens (tertiary/aromatic N) is 1. The highest BCUT2D eigenvalue weighted by molar-refractivity contribution is 8.00. The molecule has 1 aromatic heterocycles. The number of hydrogen-bond donors (Lipinski definition) is 2. The van der Waals surface area contributed by atoms with Crippen molar-refractivity contribution in [1.82, 2.24) is 0 Å². The first-order chi connectivity index (χ1) is 16.0. The number of fused-ring (bicyclic) bond motifs is 2. The predicted molar refractivity (Wildman–Crippen MR) is 134 cm³/mol. The second kappa shape index (κ2) is 8.21. The SMILES string of the molecule is CC1Sc2cc(S(N)(=O)=O)ccc2N1c1ccc(Cl)cc1NS(=O)(=O)c1cc2ccccc2o1. The zero-order valence-electron chi connectivity index (χ0n) is 17.6. The monoisotopic (exact) mass is 535 g/mol. The largest absolute Gasteiger partial charge is 0.443 e. The van der Waals surface area contributed by atoms with Crippen LogP contribution in [-0.4, -0.2) is 22.2 Å². The molecule has 0 aliphatic carbocycles. The van der Waals surface area contributed by atoms with Gasteiger partial charge in [-0.25, -0.2) is 13.6 Å². The number of nitrogens with one attached hydrogen (secondary N) is 1. The smallest absolute Gasteiger partial charge is 0.295 e. The van der Waals surface area contributed by atoms with E-state index >= 15 is 0 Å². The number of anilines is 3. The molecule has 0 spiro atoms. The molecule has 1 atom stereocenters. The van der Waals surface area contributed by atoms with Gasteiger partial charge in [-0.05, 0) is 49.4 Å². The van der Waals surface area contributed by atoms with Gasteiger partial charge < -0.3 is 9.32 Å². The van der Waals surface area contributed by atoms with Gasteiger partial charge in [0.1, 0.15) is 5.58 Å². The average Bonchev–Trinajstić information content (AvgIpc) is 3.34. The molecule has 0 bridgehead atoms. The summed E-state index contributed by atoms with van der Waals surface area (Å²) in [5.41, 5.74) is 1.98. The van der Waals surface area contributed by atoms with Crippen LogP contribution in [0.1, 0.15) is 6.92 Å². The van der Waals surface area contributed by atoms with Crippen LogP contribution in [0.4, 0.5) is 17.1 Å². The molecular formula is C22H18ClN3O5S3. The van der Waals surface area contributed by atoms with E-state index in [4.69, 9.17) is 21.2 Å². The molecule has 8 nitrogen and oxygen atoms in total. The number of hydrogen-bond acceptors (Lipinski definition) is 7. The van der Waals surface area contributed by atoms with Gasteiger partial charge in [0.25, 0.3) is 10.0 Å². The number of halogens is 1. The molecule has 1 aliphatic rings. The summed E-state index contributed by atoms with van der Waals surface area (Å²) in [7, 11) is -7.92. The van der Waals surface area contributed by atoms with Gasteiger partial charge in [0.05, 0.1) is 27.3 Å². The predicted octanol–water partition coefficient (Wildman–Crippen LogP) is 5.12. The van der Waals surface area contributed by atoms with Crippen molar-refractivity contribution in [3.05, 3.63) is 71.8 Å². The Labute approximate surface area is 205 Å². The highest BCUT2D eigenvalue weighted by atomic mass is 35.5. The molecular weight excluding hydrogens is 518 g/mol. The molecule has 0 radical (unpaired) electrons. The van der Waals surface area contributed by atoms with Crippen LogP contribution >= 0.6 is 23.4 Å². The fraction of sp³-hybridized carbons (Fsp3) is 0.0909. The first-order valence-electron chi connectivity index (χ1n) is 9.97. The molecule has 2 heterocycles. The van der Waals surface area contributed by atoms with Crippen LogP contribution in [-0.2, 0) is 20.0 Å². The fourth-order valence-corrected chi connectivity index (χ4v) is 6.81. The standard InChI is InChI=1S/C22H18ClN3O5S3/c1-13-26(19-9-7-16(33(24,27)28)12-21(19)32-13)18-8-6-15(23)11-17(18)25-34(29,30)22-10-14-4-2-3-5-20(14)31-22/h2-13,25H,1H3,(H2,24,27,28). The van der Waals surface area contributed by atoms with E-state index in [9.17, 15) is 16.8 Å². The van der Waals surface area contributed by atoms with E-state index in [2.05, 4.69) is 4.72 Å². The van der Waals surface area contributed by atoms with Crippen LogP contribution in [0.25, 0.3) is 11.0 Å². The topological polar surface area (TPSA) is 123 Å². The summed E-state index contributed by atoms with van der Waals surface area (Å²) in [5.74, 6) is 0. The highest BCUT2D eigenvalue weighted by Gasteiger charge is 2.32. The number of furan rings is 1. The second-order valence-electron chi connectivity index (χ2n) is 7.63. The Morgan fingerprint density at radius 3 is 2.47 bits per heavy atom. The molecule has 0 saturated heterocycles. The van der Waals surface area contributed by atoms with Crippen LogP contribution in [0.5, 0.6) is 0 Å². The Bertz CT molecular complexity index is 1620. The van der Waals surface area contributed by atoms with Crippen LogP contribution in [0.2, 0.25) is 5.02 Å². The van der Waals surface area contributed by atoms with Crippen molar-refractivity contribution in [2.75, 3.05) is 9.62 Å². The minimum atomic E-state index is -4.07. The van der Waals surface area contributed by atoms with E-state index in [0.717, 1.165) is 5.69 Å². The van der Waals surface area contributed by atoms with E-state index in [1.807, 2.05) is 11.8 Å². The lowest BCUT2D eigenvalue weighted by Gasteiger charge is -2.27. The number of para-hydroxylation sites is 1. The summed E-state index contributed by atoms with van der Waals surface area (Å²) in [6.45, 7) is 1.92. The molecule has 1 aliphatic heterocycles. The van der Waals surface area contributed by atoms with Crippen molar-refractivity contribution in [2.45, 2.75) is 27.2 Å². The van der Waals surface area contributed by atoms with Crippen LogP contribution in [0, 0.1) is 0 Å². The molecule has 0 fully saturated rings. The summed E-state index contributed by atoms with van der Waals surface area (Å²) in [6.07, 6.45) is 0. The molecule has 12 heteroatoms. The fourth-order valence-electron chi connectivity index (χ4n) is 3.81. The Kier molecular flexibility index (Phi) is 5.57. The van der Waals surface area contributed by atoms with Crippen molar-refractivity contribution in [3.8, 4) is 0 Å². The maximum Gasteiger partial charge on any atom is 0.295 e. The average molecular weight is 536 g/mol. The van der Waals surface area contributed by atoms with Gasteiger partial charge in [-0.15, -0.1) is 0 Å². The third-order valence-corrected chi connectivity index (χ3v) is 8.81. The summed E-state index contributed by atoms with van der Waals surface area (Å²) in [6, 6.07) is 17.9. The van der Waals surface area contributed by atoms with Crippen LogP contribution in [0.3, 0.4) is 0 Å². The minimum Gasteiger partial charge on any atom is -0.443 e. The molecule has 3 aromatic carbocycles. The lowest BCUT2D eigenvalue weighted by atomic mass is 10.2. The normalized spacial score (nSPS) is 16.1. The van der Waals surface area contributed by atoms with Gasteiger partial charge in [-0.1, -0.05) is 41.6 Å². The summed E-state index contributed by atoms with van der Waals surface area (Å²) in [5, 5.41) is 5.90. The number of nitrogens with two attached hydrogens (primary N) is 1. The zero-order valence-corrected chi connectivity index (χ0v) is 20.8. The van der Waals surface area contributed by atoms with Gasteiger partial charge in [-0.3, -0.25) is 4.72 Å². The van der Waals surface area contributed by atoms with Crippen LogP contribution in [0.15, 0.2) is 86.0 Å². The molecule has 4 aromatic rings. The van der Waals surface area contributed by atoms with Gasteiger partial charge in [0, 0.05) is 21.4 Å². The van der Waals surface area contributed by atoms with Crippen molar-refractivity contribution < 1.29 is 21.3 Å². The van der Waals surface area contributed by atoms with Crippen molar-refractivity contribution in [2.24, 2.45) is 5.14 Å². The van der Waals surface area contributed by atoms with Gasteiger partial charge in [0.15, 0.2) is 0 Å². The number of primary sulfonamides is 1. The van der Waals surface area contributed by atoms with E-state index in [-0.39, 0.29) is 21.0 Å². The van der Waals surface area contributed by atoms with Gasteiger partial charge in [0.2, 0.25) is 15.1 Å². The Hall–Kier alpha value is -2.70. The number of rotatable bonds is 5. The molecule has 0 amide bonds.